The third-order valence-corrected chi connectivity index (χ3v) is 5.77. The van der Waals surface area contributed by atoms with Crippen LogP contribution in [0, 0.1) is 0 Å². The topological polar surface area (TPSA) is 124 Å². The van der Waals surface area contributed by atoms with Crippen molar-refractivity contribution in [1.29, 1.82) is 0 Å². The lowest BCUT2D eigenvalue weighted by molar-refractivity contribution is 0.0180. The predicted molar refractivity (Wildman–Crippen MR) is 101 cm³/mol. The lowest BCUT2D eigenvalue weighted by Gasteiger charge is -2.19. The van der Waals surface area contributed by atoms with Crippen molar-refractivity contribution in [3.8, 4) is 11.5 Å². The third-order valence-electron chi connectivity index (χ3n) is 5.77. The molecule has 0 radical (unpaired) electrons. The van der Waals surface area contributed by atoms with E-state index in [0.717, 1.165) is 0 Å². The molecule has 0 spiro atoms. The van der Waals surface area contributed by atoms with Crippen LogP contribution in [0.4, 0.5) is 0 Å². The first-order valence-electron chi connectivity index (χ1n) is 9.85. The maximum atomic E-state index is 11.8. The molecular weight excluding hydrogens is 424 g/mol. The molecule has 4 heterocycles. The number of rotatable bonds is 4. The Morgan fingerprint density at radius 3 is 1.44 bits per heavy atom. The number of carbonyl (C=O) groups excluding carboxylic acids is 4. The van der Waals surface area contributed by atoms with Crippen molar-refractivity contribution in [3.05, 3.63) is 58.7 Å². The second-order valence-corrected chi connectivity index (χ2v) is 7.68. The largest absolute Gasteiger partial charge is 0.485 e. The second-order valence-electron chi connectivity index (χ2n) is 7.68. The maximum absolute atomic E-state index is 11.8. The van der Waals surface area contributed by atoms with Crippen molar-refractivity contribution < 1.29 is 47.6 Å². The average molecular weight is 438 g/mol. The number of carbonyl (C=O) groups is 4. The van der Waals surface area contributed by atoms with Gasteiger partial charge < -0.3 is 28.4 Å². The number of hydrogen-bond donors (Lipinski definition) is 0. The third kappa shape index (κ3) is 2.88. The maximum Gasteiger partial charge on any atom is 0.347 e. The van der Waals surface area contributed by atoms with E-state index in [4.69, 9.17) is 18.9 Å². The van der Waals surface area contributed by atoms with Crippen molar-refractivity contribution >= 4 is 23.9 Å². The van der Waals surface area contributed by atoms with E-state index >= 15 is 0 Å². The normalized spacial score (nSPS) is 27.6. The van der Waals surface area contributed by atoms with E-state index in [0.29, 0.717) is 11.5 Å². The standard InChI is InChI=1S/C22H14O10/c23-19-11-3-1-9(5-13(11)21(25)31-19)29-15-7-27-18-16(8-28-17(15)18)30-10-2-4-12-14(6-10)22(26)32-20(12)24/h1-6,15-18H,7-8H2/t15?,16?,17-,18-/m1/s1. The summed E-state index contributed by atoms with van der Waals surface area (Å²) in [5.41, 5.74) is 0.720. The second kappa shape index (κ2) is 6.87. The summed E-state index contributed by atoms with van der Waals surface area (Å²) >= 11 is 0. The van der Waals surface area contributed by atoms with Crippen LogP contribution in [-0.2, 0) is 18.9 Å². The molecule has 2 aromatic rings. The van der Waals surface area contributed by atoms with Gasteiger partial charge >= 0.3 is 23.9 Å². The van der Waals surface area contributed by atoms with Gasteiger partial charge in [0.1, 0.15) is 23.7 Å². The molecule has 2 unspecified atom stereocenters. The van der Waals surface area contributed by atoms with Gasteiger partial charge in [0, 0.05) is 0 Å². The molecule has 4 aliphatic rings. The molecular formula is C22H14O10. The van der Waals surface area contributed by atoms with Gasteiger partial charge in [0.25, 0.3) is 0 Å². The highest BCUT2D eigenvalue weighted by molar-refractivity contribution is 6.15. The molecule has 6 rings (SSSR count). The molecule has 0 bridgehead atoms. The molecule has 0 saturated carbocycles. The highest BCUT2D eigenvalue weighted by atomic mass is 16.6. The summed E-state index contributed by atoms with van der Waals surface area (Å²) in [4.78, 5) is 46.7. The minimum atomic E-state index is -0.707. The SMILES string of the molecule is O=C1OC(=O)c2cc(OC3CO[C@@H]4C(Oc5ccc6c(c5)C(=O)OC6=O)CO[C@H]34)ccc21. The van der Waals surface area contributed by atoms with Gasteiger partial charge in [-0.3, -0.25) is 0 Å². The van der Waals surface area contributed by atoms with Crippen molar-refractivity contribution in [2.24, 2.45) is 0 Å². The minimum absolute atomic E-state index is 0.158. The fraction of sp³-hybridized carbons (Fsp3) is 0.273. The Balaban J connectivity index is 1.15. The first kappa shape index (κ1) is 19.0. The molecule has 10 heteroatoms. The zero-order chi connectivity index (χ0) is 22.0. The number of ether oxygens (including phenoxy) is 6. The summed E-state index contributed by atoms with van der Waals surface area (Å²) in [6.45, 7) is 0.474. The fourth-order valence-electron chi connectivity index (χ4n) is 4.26. The highest BCUT2D eigenvalue weighted by Gasteiger charge is 2.50. The van der Waals surface area contributed by atoms with Gasteiger partial charge in [-0.1, -0.05) is 0 Å². The van der Waals surface area contributed by atoms with Gasteiger partial charge in [0.05, 0.1) is 35.5 Å². The van der Waals surface area contributed by atoms with Gasteiger partial charge in [0.15, 0.2) is 12.2 Å². The molecule has 0 N–H and O–H groups in total. The van der Waals surface area contributed by atoms with E-state index in [9.17, 15) is 19.2 Å². The van der Waals surface area contributed by atoms with Crippen LogP contribution in [0.15, 0.2) is 36.4 Å². The highest BCUT2D eigenvalue weighted by Crippen LogP contribution is 2.34. The van der Waals surface area contributed by atoms with Crippen molar-refractivity contribution in [2.75, 3.05) is 13.2 Å². The quantitative estimate of drug-likeness (QED) is 0.510. The van der Waals surface area contributed by atoms with Crippen molar-refractivity contribution in [3.63, 3.8) is 0 Å². The van der Waals surface area contributed by atoms with Gasteiger partial charge in [-0.15, -0.1) is 0 Å². The first-order valence-corrected chi connectivity index (χ1v) is 9.85. The summed E-state index contributed by atoms with van der Waals surface area (Å²) < 4.78 is 32.8. The number of hydrogen-bond acceptors (Lipinski definition) is 10. The van der Waals surface area contributed by atoms with Gasteiger partial charge in [-0.2, -0.15) is 0 Å². The molecule has 2 saturated heterocycles. The van der Waals surface area contributed by atoms with Crippen LogP contribution in [-0.4, -0.2) is 61.5 Å². The van der Waals surface area contributed by atoms with Crippen molar-refractivity contribution in [1.82, 2.24) is 0 Å². The van der Waals surface area contributed by atoms with Crippen LogP contribution in [0.5, 0.6) is 11.5 Å². The molecule has 4 aliphatic heterocycles. The lowest BCUT2D eigenvalue weighted by Crippen LogP contribution is -2.36. The van der Waals surface area contributed by atoms with Crippen LogP contribution in [0.1, 0.15) is 41.4 Å². The van der Waals surface area contributed by atoms with E-state index in [1.165, 1.54) is 24.3 Å². The summed E-state index contributed by atoms with van der Waals surface area (Å²) in [6, 6.07) is 9.06. The van der Waals surface area contributed by atoms with Crippen LogP contribution >= 0.6 is 0 Å². The van der Waals surface area contributed by atoms with Crippen LogP contribution in [0.2, 0.25) is 0 Å². The van der Waals surface area contributed by atoms with Crippen LogP contribution in [0.3, 0.4) is 0 Å². The van der Waals surface area contributed by atoms with Crippen LogP contribution in [0.25, 0.3) is 0 Å². The minimum Gasteiger partial charge on any atom is -0.485 e. The van der Waals surface area contributed by atoms with Gasteiger partial charge in [0.2, 0.25) is 0 Å². The molecule has 162 valence electrons. The van der Waals surface area contributed by atoms with Crippen LogP contribution < -0.4 is 9.47 Å². The summed E-state index contributed by atoms with van der Waals surface area (Å²) in [5.74, 6) is -1.99. The molecule has 0 aromatic heterocycles. The summed E-state index contributed by atoms with van der Waals surface area (Å²) in [6.07, 6.45) is -1.73. The zero-order valence-corrected chi connectivity index (χ0v) is 16.3. The van der Waals surface area contributed by atoms with E-state index in [-0.39, 0.29) is 35.5 Å². The summed E-state index contributed by atoms with van der Waals surface area (Å²) in [7, 11) is 0. The molecule has 4 atom stereocenters. The molecule has 10 nitrogen and oxygen atoms in total. The monoisotopic (exact) mass is 438 g/mol. The Labute approximate surface area is 179 Å². The van der Waals surface area contributed by atoms with Gasteiger partial charge in [-0.05, 0) is 36.4 Å². The molecule has 2 aromatic carbocycles. The van der Waals surface area contributed by atoms with Crippen molar-refractivity contribution in [2.45, 2.75) is 24.4 Å². The molecule has 0 amide bonds. The Hall–Kier alpha value is -3.76. The predicted octanol–water partition coefficient (Wildman–Crippen LogP) is 1.30. The van der Waals surface area contributed by atoms with E-state index in [1.807, 2.05) is 0 Å². The van der Waals surface area contributed by atoms with E-state index < -0.39 is 48.3 Å². The van der Waals surface area contributed by atoms with E-state index in [1.54, 1.807) is 12.1 Å². The lowest BCUT2D eigenvalue weighted by atomic mass is 10.1. The zero-order valence-electron chi connectivity index (χ0n) is 16.3. The Morgan fingerprint density at radius 2 is 1.00 bits per heavy atom. The molecule has 32 heavy (non-hydrogen) atoms. The Bertz CT molecular complexity index is 1110. The van der Waals surface area contributed by atoms with Gasteiger partial charge in [-0.25, -0.2) is 19.2 Å². The first-order chi connectivity index (χ1) is 15.5. The number of esters is 4. The summed E-state index contributed by atoms with van der Waals surface area (Å²) in [5, 5.41) is 0. The fourth-order valence-corrected chi connectivity index (χ4v) is 4.26. The number of benzene rings is 2. The van der Waals surface area contributed by atoms with E-state index in [2.05, 4.69) is 9.47 Å². The molecule has 2 fully saturated rings. The average Bonchev–Trinajstić information content (AvgIpc) is 3.49. The number of fused-ring (bicyclic) bond motifs is 3. The smallest absolute Gasteiger partial charge is 0.347 e. The molecule has 0 aliphatic carbocycles. The number of cyclic esters (lactones) is 4. The Kier molecular flexibility index (Phi) is 4.07. The Morgan fingerprint density at radius 1 is 0.594 bits per heavy atom.